The van der Waals surface area contributed by atoms with Gasteiger partial charge >= 0.3 is 0 Å². The number of rotatable bonds is 6. The van der Waals surface area contributed by atoms with Gasteiger partial charge in [0.15, 0.2) is 0 Å². The predicted molar refractivity (Wildman–Crippen MR) is 64.9 cm³/mol. The van der Waals surface area contributed by atoms with Crippen molar-refractivity contribution in [1.82, 2.24) is 5.32 Å². The van der Waals surface area contributed by atoms with Gasteiger partial charge in [-0.1, -0.05) is 0 Å². The van der Waals surface area contributed by atoms with Gasteiger partial charge in [-0.15, -0.1) is 0 Å². The fraction of sp³-hybridized carbons (Fsp3) is 0.500. The Kier molecular flexibility index (Phi) is 5.08. The van der Waals surface area contributed by atoms with Crippen molar-refractivity contribution in [2.75, 3.05) is 20.8 Å². The topological polar surface area (TPSA) is 56.5 Å². The van der Waals surface area contributed by atoms with Crippen LogP contribution in [0.15, 0.2) is 18.2 Å². The van der Waals surface area contributed by atoms with Gasteiger partial charge in [0.05, 0.1) is 14.2 Å². The minimum atomic E-state index is 0.303. The molecular weight excluding hydrogens is 204 g/mol. The summed E-state index contributed by atoms with van der Waals surface area (Å²) in [5.41, 5.74) is 6.66. The molecule has 1 atom stereocenters. The molecule has 0 spiro atoms. The molecule has 1 rings (SSSR count). The molecule has 0 aliphatic rings. The van der Waals surface area contributed by atoms with E-state index in [4.69, 9.17) is 15.2 Å². The van der Waals surface area contributed by atoms with Gasteiger partial charge in [0.1, 0.15) is 11.5 Å². The highest BCUT2D eigenvalue weighted by Crippen LogP contribution is 2.22. The summed E-state index contributed by atoms with van der Waals surface area (Å²) < 4.78 is 10.4. The van der Waals surface area contributed by atoms with E-state index < -0.39 is 0 Å². The van der Waals surface area contributed by atoms with E-state index in [1.165, 1.54) is 0 Å². The maximum atomic E-state index is 5.54. The number of methoxy groups -OCH3 is 2. The van der Waals surface area contributed by atoms with Crippen molar-refractivity contribution in [1.29, 1.82) is 0 Å². The van der Waals surface area contributed by atoms with Crippen LogP contribution < -0.4 is 20.5 Å². The molecule has 1 aromatic carbocycles. The highest BCUT2D eigenvalue weighted by Gasteiger charge is 2.03. The predicted octanol–water partition coefficient (Wildman–Crippen LogP) is 1.14. The summed E-state index contributed by atoms with van der Waals surface area (Å²) >= 11 is 0. The average Bonchev–Trinajstić information content (AvgIpc) is 2.35. The zero-order chi connectivity index (χ0) is 12.0. The second-order valence-electron chi connectivity index (χ2n) is 3.74. The molecule has 0 saturated heterocycles. The fourth-order valence-electron chi connectivity index (χ4n) is 1.34. The van der Waals surface area contributed by atoms with Crippen LogP contribution in [0.5, 0.6) is 11.5 Å². The third-order valence-corrected chi connectivity index (χ3v) is 2.42. The van der Waals surface area contributed by atoms with Crippen LogP contribution in [0.25, 0.3) is 0 Å². The molecular formula is C12H20N2O2. The maximum absolute atomic E-state index is 5.54. The Labute approximate surface area is 96.7 Å². The van der Waals surface area contributed by atoms with Gasteiger partial charge in [0.25, 0.3) is 0 Å². The van der Waals surface area contributed by atoms with Gasteiger partial charge in [-0.3, -0.25) is 0 Å². The first kappa shape index (κ1) is 12.8. The van der Waals surface area contributed by atoms with E-state index in [1.54, 1.807) is 14.2 Å². The first-order valence-electron chi connectivity index (χ1n) is 5.35. The van der Waals surface area contributed by atoms with E-state index in [2.05, 4.69) is 12.2 Å². The quantitative estimate of drug-likeness (QED) is 0.761. The van der Waals surface area contributed by atoms with Crippen molar-refractivity contribution in [3.05, 3.63) is 23.8 Å². The molecule has 0 bridgehead atoms. The van der Waals surface area contributed by atoms with Crippen LogP contribution in [0.3, 0.4) is 0 Å². The Morgan fingerprint density at radius 1 is 1.19 bits per heavy atom. The third-order valence-electron chi connectivity index (χ3n) is 2.42. The fourth-order valence-corrected chi connectivity index (χ4v) is 1.34. The molecule has 0 fully saturated rings. The zero-order valence-corrected chi connectivity index (χ0v) is 10.1. The molecule has 3 N–H and O–H groups in total. The molecule has 0 heterocycles. The lowest BCUT2D eigenvalue weighted by atomic mass is 10.2. The van der Waals surface area contributed by atoms with E-state index in [0.717, 1.165) is 23.6 Å². The normalized spacial score (nSPS) is 12.2. The first-order chi connectivity index (χ1) is 7.69. The van der Waals surface area contributed by atoms with Crippen LogP contribution in [0.1, 0.15) is 12.5 Å². The Morgan fingerprint density at radius 3 is 2.19 bits per heavy atom. The second kappa shape index (κ2) is 6.35. The Balaban J connectivity index is 2.71. The highest BCUT2D eigenvalue weighted by molar-refractivity contribution is 5.38. The number of ether oxygens (including phenoxy) is 2. The smallest absolute Gasteiger partial charge is 0.122 e. The molecule has 4 nitrogen and oxygen atoms in total. The molecule has 0 aliphatic heterocycles. The van der Waals surface area contributed by atoms with Gasteiger partial charge in [0, 0.05) is 25.2 Å². The van der Waals surface area contributed by atoms with E-state index in [-0.39, 0.29) is 0 Å². The molecule has 1 aromatic rings. The molecule has 0 saturated carbocycles. The molecule has 4 heteroatoms. The lowest BCUT2D eigenvalue weighted by Crippen LogP contribution is -2.32. The van der Waals surface area contributed by atoms with Gasteiger partial charge in [-0.25, -0.2) is 0 Å². The number of benzene rings is 1. The van der Waals surface area contributed by atoms with Crippen molar-refractivity contribution in [2.45, 2.75) is 19.5 Å². The van der Waals surface area contributed by atoms with Crippen LogP contribution in [-0.2, 0) is 6.54 Å². The molecule has 0 radical (unpaired) electrons. The Bertz CT molecular complexity index is 307. The van der Waals surface area contributed by atoms with Crippen LogP contribution in [-0.4, -0.2) is 26.8 Å². The van der Waals surface area contributed by atoms with Crippen LogP contribution in [0.2, 0.25) is 0 Å². The van der Waals surface area contributed by atoms with Crippen molar-refractivity contribution in [2.24, 2.45) is 5.73 Å². The molecule has 0 unspecified atom stereocenters. The standard InChI is InChI=1S/C12H20N2O2/c1-9(7-13)14-8-10-4-11(15-2)6-12(5-10)16-3/h4-6,9,14H,7-8,13H2,1-3H3/t9-/m0/s1. The van der Waals surface area contributed by atoms with Gasteiger partial charge in [-0.05, 0) is 24.6 Å². The average molecular weight is 224 g/mol. The monoisotopic (exact) mass is 224 g/mol. The van der Waals surface area contributed by atoms with Crippen molar-refractivity contribution in [3.63, 3.8) is 0 Å². The van der Waals surface area contributed by atoms with Crippen LogP contribution in [0.4, 0.5) is 0 Å². The molecule has 0 aromatic heterocycles. The summed E-state index contributed by atoms with van der Waals surface area (Å²) in [6, 6.07) is 6.13. The summed E-state index contributed by atoms with van der Waals surface area (Å²) in [6.45, 7) is 3.43. The molecule has 0 amide bonds. The Hall–Kier alpha value is -1.26. The minimum Gasteiger partial charge on any atom is -0.497 e. The third kappa shape index (κ3) is 3.72. The number of hydrogen-bond donors (Lipinski definition) is 2. The number of nitrogens with one attached hydrogen (secondary N) is 1. The lowest BCUT2D eigenvalue weighted by Gasteiger charge is -2.13. The number of hydrogen-bond acceptors (Lipinski definition) is 4. The largest absolute Gasteiger partial charge is 0.497 e. The lowest BCUT2D eigenvalue weighted by molar-refractivity contribution is 0.392. The SMILES string of the molecule is COc1cc(CN[C@@H](C)CN)cc(OC)c1. The second-order valence-corrected chi connectivity index (χ2v) is 3.74. The van der Waals surface area contributed by atoms with Gasteiger partial charge in [0.2, 0.25) is 0 Å². The summed E-state index contributed by atoms with van der Waals surface area (Å²) in [5, 5.41) is 3.32. The van der Waals surface area contributed by atoms with Gasteiger partial charge in [-0.2, -0.15) is 0 Å². The van der Waals surface area contributed by atoms with Crippen LogP contribution >= 0.6 is 0 Å². The summed E-state index contributed by atoms with van der Waals surface area (Å²) in [7, 11) is 3.29. The Morgan fingerprint density at radius 2 is 1.75 bits per heavy atom. The number of nitrogens with two attached hydrogens (primary N) is 1. The summed E-state index contributed by atoms with van der Waals surface area (Å²) in [4.78, 5) is 0. The molecule has 0 aliphatic carbocycles. The van der Waals surface area contributed by atoms with E-state index in [1.807, 2.05) is 18.2 Å². The summed E-state index contributed by atoms with van der Waals surface area (Å²) in [5.74, 6) is 1.60. The summed E-state index contributed by atoms with van der Waals surface area (Å²) in [6.07, 6.45) is 0. The van der Waals surface area contributed by atoms with Crippen molar-refractivity contribution in [3.8, 4) is 11.5 Å². The maximum Gasteiger partial charge on any atom is 0.122 e. The molecule has 90 valence electrons. The molecule has 16 heavy (non-hydrogen) atoms. The van der Waals surface area contributed by atoms with Crippen molar-refractivity contribution < 1.29 is 9.47 Å². The zero-order valence-electron chi connectivity index (χ0n) is 10.1. The van der Waals surface area contributed by atoms with E-state index in [9.17, 15) is 0 Å². The van der Waals surface area contributed by atoms with Crippen molar-refractivity contribution >= 4 is 0 Å². The minimum absolute atomic E-state index is 0.303. The van der Waals surface area contributed by atoms with Crippen LogP contribution in [0, 0.1) is 0 Å². The van der Waals surface area contributed by atoms with E-state index in [0.29, 0.717) is 12.6 Å². The highest BCUT2D eigenvalue weighted by atomic mass is 16.5. The van der Waals surface area contributed by atoms with Gasteiger partial charge < -0.3 is 20.5 Å². The van der Waals surface area contributed by atoms with E-state index >= 15 is 0 Å². The first-order valence-corrected chi connectivity index (χ1v) is 5.35.